The summed E-state index contributed by atoms with van der Waals surface area (Å²) in [5, 5.41) is 0. The molecule has 3 heterocycles. The van der Waals surface area contributed by atoms with E-state index in [1.807, 2.05) is 18.7 Å². The molecule has 0 bridgehead atoms. The summed E-state index contributed by atoms with van der Waals surface area (Å²) in [6.45, 7) is 7.65. The summed E-state index contributed by atoms with van der Waals surface area (Å²) < 4.78 is 0. The van der Waals surface area contributed by atoms with Crippen molar-refractivity contribution in [1.29, 1.82) is 0 Å². The Morgan fingerprint density at radius 1 is 1.17 bits per heavy atom. The van der Waals surface area contributed by atoms with Crippen molar-refractivity contribution in [2.75, 3.05) is 44.2 Å². The van der Waals surface area contributed by atoms with Crippen LogP contribution in [0.3, 0.4) is 0 Å². The number of rotatable bonds is 3. The van der Waals surface area contributed by atoms with Crippen molar-refractivity contribution in [1.82, 2.24) is 19.8 Å². The van der Waals surface area contributed by atoms with E-state index in [1.165, 1.54) is 0 Å². The Bertz CT molecular complexity index is 610. The zero-order valence-electron chi connectivity index (χ0n) is 13.8. The summed E-state index contributed by atoms with van der Waals surface area (Å²) in [4.78, 5) is 38.6. The largest absolute Gasteiger partial charge is 0.352 e. The average Bonchev–Trinajstić information content (AvgIpc) is 2.95. The van der Waals surface area contributed by atoms with Gasteiger partial charge in [-0.05, 0) is 20.3 Å². The first kappa shape index (κ1) is 15.7. The fraction of sp³-hybridized carbons (Fsp3) is 0.625. The summed E-state index contributed by atoms with van der Waals surface area (Å²) >= 11 is 0. The Morgan fingerprint density at radius 3 is 2.57 bits per heavy atom. The molecule has 3 rings (SSSR count). The molecule has 1 aromatic heterocycles. The number of carbonyl (C=O) groups is 2. The zero-order valence-corrected chi connectivity index (χ0v) is 13.8. The smallest absolute Gasteiger partial charge is 0.242 e. The first-order valence-corrected chi connectivity index (χ1v) is 8.15. The van der Waals surface area contributed by atoms with E-state index in [0.717, 1.165) is 36.7 Å². The number of aryl methyl sites for hydroxylation is 2. The number of anilines is 1. The average molecular weight is 317 g/mol. The van der Waals surface area contributed by atoms with Gasteiger partial charge in [0.25, 0.3) is 0 Å². The van der Waals surface area contributed by atoms with Crippen LogP contribution in [0.4, 0.5) is 5.82 Å². The van der Waals surface area contributed by atoms with Gasteiger partial charge in [0.1, 0.15) is 5.82 Å². The van der Waals surface area contributed by atoms with Gasteiger partial charge in [-0.25, -0.2) is 4.98 Å². The van der Waals surface area contributed by atoms with Crippen LogP contribution in [-0.2, 0) is 9.59 Å². The van der Waals surface area contributed by atoms with Gasteiger partial charge in [-0.15, -0.1) is 0 Å². The molecule has 2 saturated heterocycles. The third-order valence-corrected chi connectivity index (χ3v) is 4.48. The van der Waals surface area contributed by atoms with Crippen LogP contribution >= 0.6 is 0 Å². The van der Waals surface area contributed by atoms with Gasteiger partial charge in [0, 0.05) is 45.3 Å². The number of nitrogens with zero attached hydrogens (tertiary/aromatic N) is 5. The van der Waals surface area contributed by atoms with E-state index in [0.29, 0.717) is 26.1 Å². The maximum atomic E-state index is 12.3. The number of hydrogen-bond acceptors (Lipinski definition) is 5. The van der Waals surface area contributed by atoms with Crippen molar-refractivity contribution >= 4 is 17.6 Å². The third kappa shape index (κ3) is 3.43. The van der Waals surface area contributed by atoms with Gasteiger partial charge in [-0.3, -0.25) is 14.6 Å². The molecule has 0 radical (unpaired) electrons. The standard InChI is InChI=1S/C16H23N5O2/c1-12-10-17-13(2)16(18-12)20-8-6-19(7-9-20)15(23)11-21-5-3-4-14(21)22/h10H,3-9,11H2,1-2H3. The lowest BCUT2D eigenvalue weighted by Crippen LogP contribution is -2.51. The molecule has 1 aromatic rings. The monoisotopic (exact) mass is 317 g/mol. The molecule has 0 atom stereocenters. The molecule has 0 N–H and O–H groups in total. The number of amides is 2. The topological polar surface area (TPSA) is 69.6 Å². The Hall–Kier alpha value is -2.18. The fourth-order valence-corrected chi connectivity index (χ4v) is 3.13. The molecule has 23 heavy (non-hydrogen) atoms. The highest BCUT2D eigenvalue weighted by molar-refractivity contribution is 5.86. The van der Waals surface area contributed by atoms with Crippen LogP contribution in [-0.4, -0.2) is 70.9 Å². The molecule has 2 fully saturated rings. The van der Waals surface area contributed by atoms with Crippen LogP contribution in [0.1, 0.15) is 24.2 Å². The quantitative estimate of drug-likeness (QED) is 0.805. The van der Waals surface area contributed by atoms with Crippen molar-refractivity contribution in [3.63, 3.8) is 0 Å². The number of aromatic nitrogens is 2. The molecule has 124 valence electrons. The summed E-state index contributed by atoms with van der Waals surface area (Å²) in [7, 11) is 0. The molecular formula is C16H23N5O2. The Kier molecular flexibility index (Phi) is 4.45. The number of carbonyl (C=O) groups excluding carboxylic acids is 2. The van der Waals surface area contributed by atoms with E-state index in [1.54, 1.807) is 11.1 Å². The van der Waals surface area contributed by atoms with Gasteiger partial charge < -0.3 is 14.7 Å². The van der Waals surface area contributed by atoms with Crippen molar-refractivity contribution in [2.45, 2.75) is 26.7 Å². The Balaban J connectivity index is 1.56. The van der Waals surface area contributed by atoms with Gasteiger partial charge in [0.2, 0.25) is 11.8 Å². The van der Waals surface area contributed by atoms with E-state index in [4.69, 9.17) is 0 Å². The summed E-state index contributed by atoms with van der Waals surface area (Å²) in [5.41, 5.74) is 1.81. The highest BCUT2D eigenvalue weighted by Gasteiger charge is 2.27. The molecule has 0 saturated carbocycles. The van der Waals surface area contributed by atoms with E-state index >= 15 is 0 Å². The van der Waals surface area contributed by atoms with Crippen LogP contribution in [0.15, 0.2) is 6.20 Å². The zero-order chi connectivity index (χ0) is 16.4. The molecule has 0 aliphatic carbocycles. The van der Waals surface area contributed by atoms with E-state index < -0.39 is 0 Å². The highest BCUT2D eigenvalue weighted by atomic mass is 16.2. The lowest BCUT2D eigenvalue weighted by molar-refractivity contribution is -0.138. The molecule has 0 aromatic carbocycles. The molecule has 0 unspecified atom stereocenters. The number of piperazine rings is 1. The van der Waals surface area contributed by atoms with Crippen molar-refractivity contribution in [3.05, 3.63) is 17.6 Å². The lowest BCUT2D eigenvalue weighted by Gasteiger charge is -2.36. The molecule has 0 spiro atoms. The predicted octanol–water partition coefficient (Wildman–Crippen LogP) is 0.364. The van der Waals surface area contributed by atoms with E-state index in [2.05, 4.69) is 14.9 Å². The number of hydrogen-bond donors (Lipinski definition) is 0. The highest BCUT2D eigenvalue weighted by Crippen LogP contribution is 2.18. The normalized spacial score (nSPS) is 18.7. The summed E-state index contributed by atoms with van der Waals surface area (Å²) in [6.07, 6.45) is 3.21. The maximum Gasteiger partial charge on any atom is 0.242 e. The molecule has 2 aliphatic heterocycles. The van der Waals surface area contributed by atoms with Gasteiger partial charge in [0.15, 0.2) is 0 Å². The molecular weight excluding hydrogens is 294 g/mol. The van der Waals surface area contributed by atoms with E-state index in [-0.39, 0.29) is 18.4 Å². The van der Waals surface area contributed by atoms with Crippen molar-refractivity contribution in [3.8, 4) is 0 Å². The van der Waals surface area contributed by atoms with Crippen LogP contribution in [0.2, 0.25) is 0 Å². The molecule has 2 aliphatic rings. The fourth-order valence-electron chi connectivity index (χ4n) is 3.13. The van der Waals surface area contributed by atoms with E-state index in [9.17, 15) is 9.59 Å². The Labute approximate surface area is 136 Å². The maximum absolute atomic E-state index is 12.3. The van der Waals surface area contributed by atoms with Gasteiger partial charge in [-0.1, -0.05) is 0 Å². The molecule has 2 amide bonds. The van der Waals surface area contributed by atoms with Crippen molar-refractivity contribution in [2.24, 2.45) is 0 Å². The summed E-state index contributed by atoms with van der Waals surface area (Å²) in [5.74, 6) is 1.06. The van der Waals surface area contributed by atoms with Crippen LogP contribution in [0, 0.1) is 13.8 Å². The first-order chi connectivity index (χ1) is 11.0. The van der Waals surface area contributed by atoms with Crippen LogP contribution in [0.5, 0.6) is 0 Å². The van der Waals surface area contributed by atoms with Crippen LogP contribution in [0.25, 0.3) is 0 Å². The molecule has 7 nitrogen and oxygen atoms in total. The Morgan fingerprint density at radius 2 is 1.91 bits per heavy atom. The number of likely N-dealkylation sites (tertiary alicyclic amines) is 1. The second kappa shape index (κ2) is 6.52. The lowest BCUT2D eigenvalue weighted by atomic mass is 10.2. The minimum Gasteiger partial charge on any atom is -0.352 e. The van der Waals surface area contributed by atoms with Crippen LogP contribution < -0.4 is 4.90 Å². The summed E-state index contributed by atoms with van der Waals surface area (Å²) in [6, 6.07) is 0. The second-order valence-corrected chi connectivity index (χ2v) is 6.21. The molecule has 7 heteroatoms. The predicted molar refractivity (Wildman–Crippen MR) is 86.1 cm³/mol. The third-order valence-electron chi connectivity index (χ3n) is 4.48. The minimum atomic E-state index is 0.0481. The van der Waals surface area contributed by atoms with Gasteiger partial charge in [-0.2, -0.15) is 0 Å². The SMILES string of the molecule is Cc1cnc(C)c(N2CCN(C(=O)CN3CCCC3=O)CC2)n1. The van der Waals surface area contributed by atoms with Crippen molar-refractivity contribution < 1.29 is 9.59 Å². The van der Waals surface area contributed by atoms with Gasteiger partial charge >= 0.3 is 0 Å². The van der Waals surface area contributed by atoms with Gasteiger partial charge in [0.05, 0.1) is 17.9 Å². The minimum absolute atomic E-state index is 0.0481. The second-order valence-electron chi connectivity index (χ2n) is 6.21. The first-order valence-electron chi connectivity index (χ1n) is 8.15.